The molecule has 1 aliphatic carbocycles. The zero-order chi connectivity index (χ0) is 13.2. The average molecular weight is 277 g/mol. The number of aromatic nitrogens is 3. The molecule has 0 spiro atoms. The zero-order valence-corrected chi connectivity index (χ0v) is 12.0. The van der Waals surface area contributed by atoms with E-state index in [1.54, 1.807) is 7.11 Å². The van der Waals surface area contributed by atoms with E-state index in [1.165, 1.54) is 32.1 Å². The molecule has 102 valence electrons. The standard InChI is InChI=1S/C14H19N3OS/c1-18-12-8-7-11-13(16-12)17(14(19)15-11)9-10-5-3-2-4-6-10/h7-8,10H,2-6,9H2,1H3,(H,15,19). The Labute approximate surface area is 117 Å². The van der Waals surface area contributed by atoms with Crippen LogP contribution in [0.2, 0.25) is 0 Å². The van der Waals surface area contributed by atoms with Gasteiger partial charge in [-0.2, -0.15) is 4.98 Å². The Hall–Kier alpha value is -1.36. The van der Waals surface area contributed by atoms with Gasteiger partial charge in [-0.15, -0.1) is 0 Å². The summed E-state index contributed by atoms with van der Waals surface area (Å²) in [6, 6.07) is 3.84. The van der Waals surface area contributed by atoms with E-state index in [-0.39, 0.29) is 0 Å². The van der Waals surface area contributed by atoms with Crippen molar-refractivity contribution in [3.8, 4) is 5.88 Å². The van der Waals surface area contributed by atoms with E-state index < -0.39 is 0 Å². The first-order valence-corrected chi connectivity index (χ1v) is 7.32. The molecule has 0 amide bonds. The maximum Gasteiger partial charge on any atom is 0.215 e. The fraction of sp³-hybridized carbons (Fsp3) is 0.571. The number of H-pyrrole nitrogens is 1. The lowest BCUT2D eigenvalue weighted by Gasteiger charge is -2.21. The van der Waals surface area contributed by atoms with Crippen LogP contribution in [-0.4, -0.2) is 21.6 Å². The summed E-state index contributed by atoms with van der Waals surface area (Å²) in [5.41, 5.74) is 1.90. The highest BCUT2D eigenvalue weighted by molar-refractivity contribution is 7.71. The number of aromatic amines is 1. The number of nitrogens with zero attached hydrogens (tertiary/aromatic N) is 2. The second-order valence-corrected chi connectivity index (χ2v) is 5.66. The summed E-state index contributed by atoms with van der Waals surface area (Å²) in [4.78, 5) is 7.75. The third-order valence-corrected chi connectivity index (χ3v) is 4.29. The summed E-state index contributed by atoms with van der Waals surface area (Å²) in [6.45, 7) is 0.971. The van der Waals surface area contributed by atoms with Crippen LogP contribution in [0.1, 0.15) is 32.1 Å². The predicted molar refractivity (Wildman–Crippen MR) is 78.0 cm³/mol. The van der Waals surface area contributed by atoms with Crippen molar-refractivity contribution in [3.05, 3.63) is 16.9 Å². The van der Waals surface area contributed by atoms with Crippen LogP contribution in [0.4, 0.5) is 0 Å². The van der Waals surface area contributed by atoms with Gasteiger partial charge in [0.1, 0.15) is 0 Å². The first-order valence-electron chi connectivity index (χ1n) is 6.91. The van der Waals surface area contributed by atoms with E-state index in [2.05, 4.69) is 14.5 Å². The Morgan fingerprint density at radius 2 is 2.16 bits per heavy atom. The van der Waals surface area contributed by atoms with Crippen LogP contribution >= 0.6 is 12.2 Å². The zero-order valence-electron chi connectivity index (χ0n) is 11.2. The predicted octanol–water partition coefficient (Wildman–Crippen LogP) is 3.68. The van der Waals surface area contributed by atoms with Crippen LogP contribution < -0.4 is 4.74 Å². The van der Waals surface area contributed by atoms with Crippen molar-refractivity contribution in [2.24, 2.45) is 5.92 Å². The third-order valence-electron chi connectivity index (χ3n) is 3.97. The Kier molecular flexibility index (Phi) is 3.55. The van der Waals surface area contributed by atoms with Gasteiger partial charge < -0.3 is 14.3 Å². The highest BCUT2D eigenvalue weighted by Gasteiger charge is 2.16. The minimum atomic E-state index is 0.638. The molecule has 3 rings (SSSR count). The van der Waals surface area contributed by atoms with Gasteiger partial charge in [-0.1, -0.05) is 19.3 Å². The number of fused-ring (bicyclic) bond motifs is 1. The number of hydrogen-bond acceptors (Lipinski definition) is 3. The van der Waals surface area contributed by atoms with E-state index in [9.17, 15) is 0 Å². The van der Waals surface area contributed by atoms with E-state index in [1.807, 2.05) is 12.1 Å². The van der Waals surface area contributed by atoms with Gasteiger partial charge in [0.05, 0.1) is 12.6 Å². The van der Waals surface area contributed by atoms with Crippen molar-refractivity contribution in [2.75, 3.05) is 7.11 Å². The van der Waals surface area contributed by atoms with Gasteiger partial charge in [0.15, 0.2) is 10.4 Å². The first-order chi connectivity index (χ1) is 9.28. The van der Waals surface area contributed by atoms with E-state index >= 15 is 0 Å². The van der Waals surface area contributed by atoms with Gasteiger partial charge in [-0.05, 0) is 37.0 Å². The highest BCUT2D eigenvalue weighted by Crippen LogP contribution is 2.26. The quantitative estimate of drug-likeness (QED) is 0.870. The SMILES string of the molecule is COc1ccc2[nH]c(=S)n(CC3CCCCC3)c2n1. The van der Waals surface area contributed by atoms with E-state index in [0.29, 0.717) is 5.88 Å². The lowest BCUT2D eigenvalue weighted by molar-refractivity contribution is 0.320. The number of rotatable bonds is 3. The fourth-order valence-corrected chi connectivity index (χ4v) is 3.20. The first kappa shape index (κ1) is 12.7. The van der Waals surface area contributed by atoms with Crippen molar-refractivity contribution in [1.29, 1.82) is 0 Å². The molecule has 2 aromatic rings. The minimum absolute atomic E-state index is 0.638. The number of hydrogen-bond donors (Lipinski definition) is 1. The molecule has 0 saturated heterocycles. The molecule has 0 atom stereocenters. The summed E-state index contributed by atoms with van der Waals surface area (Å²) in [6.07, 6.45) is 6.67. The molecule has 2 aromatic heterocycles. The Morgan fingerprint density at radius 1 is 1.37 bits per heavy atom. The summed E-state index contributed by atoms with van der Waals surface area (Å²) in [5.74, 6) is 1.37. The summed E-state index contributed by atoms with van der Waals surface area (Å²) in [5, 5.41) is 0. The summed E-state index contributed by atoms with van der Waals surface area (Å²) < 4.78 is 8.10. The van der Waals surface area contributed by atoms with Gasteiger partial charge in [0.2, 0.25) is 5.88 Å². The van der Waals surface area contributed by atoms with Crippen molar-refractivity contribution in [3.63, 3.8) is 0 Å². The van der Waals surface area contributed by atoms with Gasteiger partial charge in [-0.3, -0.25) is 0 Å². The van der Waals surface area contributed by atoms with Gasteiger partial charge in [0.25, 0.3) is 0 Å². The van der Waals surface area contributed by atoms with Crippen LogP contribution in [0, 0.1) is 10.7 Å². The summed E-state index contributed by atoms with van der Waals surface area (Å²) in [7, 11) is 1.64. The third kappa shape index (κ3) is 2.52. The molecule has 1 aliphatic rings. The number of imidazole rings is 1. The second-order valence-electron chi connectivity index (χ2n) is 5.27. The minimum Gasteiger partial charge on any atom is -0.481 e. The Balaban J connectivity index is 1.96. The average Bonchev–Trinajstić information content (AvgIpc) is 2.76. The second kappa shape index (κ2) is 5.33. The fourth-order valence-electron chi connectivity index (χ4n) is 2.92. The maximum atomic E-state index is 5.43. The van der Waals surface area contributed by atoms with E-state index in [0.717, 1.165) is 28.4 Å². The molecule has 1 saturated carbocycles. The molecule has 2 heterocycles. The largest absolute Gasteiger partial charge is 0.481 e. The van der Waals surface area contributed by atoms with Gasteiger partial charge in [-0.25, -0.2) is 0 Å². The van der Waals surface area contributed by atoms with Crippen molar-refractivity contribution < 1.29 is 4.74 Å². The molecule has 0 bridgehead atoms. The molecule has 0 radical (unpaired) electrons. The topological polar surface area (TPSA) is 42.8 Å². The lowest BCUT2D eigenvalue weighted by atomic mass is 9.89. The lowest BCUT2D eigenvalue weighted by Crippen LogP contribution is -2.14. The molecule has 1 fully saturated rings. The molecule has 4 nitrogen and oxygen atoms in total. The number of nitrogens with one attached hydrogen (secondary N) is 1. The van der Waals surface area contributed by atoms with Gasteiger partial charge >= 0.3 is 0 Å². The highest BCUT2D eigenvalue weighted by atomic mass is 32.1. The van der Waals surface area contributed by atoms with Crippen molar-refractivity contribution >= 4 is 23.4 Å². The molecular weight excluding hydrogens is 258 g/mol. The van der Waals surface area contributed by atoms with Crippen LogP contribution in [-0.2, 0) is 6.54 Å². The molecular formula is C14H19N3OS. The number of methoxy groups -OCH3 is 1. The number of pyridine rings is 1. The van der Waals surface area contributed by atoms with Gasteiger partial charge in [0, 0.05) is 12.6 Å². The molecule has 0 aromatic carbocycles. The van der Waals surface area contributed by atoms with Crippen molar-refractivity contribution in [1.82, 2.24) is 14.5 Å². The molecule has 0 aliphatic heterocycles. The molecule has 5 heteroatoms. The Bertz CT molecular complexity index is 625. The van der Waals surface area contributed by atoms with Crippen LogP contribution in [0.25, 0.3) is 11.2 Å². The Morgan fingerprint density at radius 3 is 2.89 bits per heavy atom. The van der Waals surface area contributed by atoms with Crippen LogP contribution in [0.3, 0.4) is 0 Å². The smallest absolute Gasteiger partial charge is 0.215 e. The van der Waals surface area contributed by atoms with Crippen LogP contribution in [0.5, 0.6) is 5.88 Å². The normalized spacial score (nSPS) is 16.9. The molecule has 0 unspecified atom stereocenters. The maximum absolute atomic E-state index is 5.43. The monoisotopic (exact) mass is 277 g/mol. The van der Waals surface area contributed by atoms with Crippen LogP contribution in [0.15, 0.2) is 12.1 Å². The molecule has 1 N–H and O–H groups in total. The molecule has 19 heavy (non-hydrogen) atoms. The number of ether oxygens (including phenoxy) is 1. The van der Waals surface area contributed by atoms with Crippen molar-refractivity contribution in [2.45, 2.75) is 38.6 Å². The van der Waals surface area contributed by atoms with E-state index in [4.69, 9.17) is 17.0 Å². The summed E-state index contributed by atoms with van der Waals surface area (Å²) >= 11 is 5.43.